The van der Waals surface area contributed by atoms with Crippen LogP contribution in [0.2, 0.25) is 0 Å². The minimum Gasteiger partial charge on any atom is -0.374 e. The summed E-state index contributed by atoms with van der Waals surface area (Å²) in [5.74, 6) is -0.240. The zero-order chi connectivity index (χ0) is 9.97. The van der Waals surface area contributed by atoms with Crippen LogP contribution in [-0.2, 0) is 16.1 Å². The van der Waals surface area contributed by atoms with Gasteiger partial charge in [-0.25, -0.2) is 4.39 Å². The molecule has 0 amide bonds. The minimum absolute atomic E-state index is 0.230. The summed E-state index contributed by atoms with van der Waals surface area (Å²) >= 11 is 3.20. The molecule has 0 radical (unpaired) electrons. The van der Waals surface area contributed by atoms with Gasteiger partial charge in [-0.05, 0) is 12.1 Å². The van der Waals surface area contributed by atoms with Crippen LogP contribution in [0.25, 0.3) is 0 Å². The highest BCUT2D eigenvalue weighted by Gasteiger charge is 2.22. The normalized spacial score (nSPS) is 19.7. The standard InChI is InChI=1S/C10H10BrFO2/c11-8-2-1-7(10(12)3-8)4-13-5-9-6-14-9/h1-3,9H,4-6H2. The first-order valence-electron chi connectivity index (χ1n) is 4.39. The highest BCUT2D eigenvalue weighted by atomic mass is 79.9. The lowest BCUT2D eigenvalue weighted by Gasteiger charge is -2.04. The van der Waals surface area contributed by atoms with E-state index in [9.17, 15) is 4.39 Å². The van der Waals surface area contributed by atoms with E-state index in [0.29, 0.717) is 18.8 Å². The zero-order valence-corrected chi connectivity index (χ0v) is 9.09. The lowest BCUT2D eigenvalue weighted by molar-refractivity contribution is 0.102. The predicted molar refractivity (Wildman–Crippen MR) is 53.5 cm³/mol. The molecule has 0 aromatic heterocycles. The van der Waals surface area contributed by atoms with Crippen molar-refractivity contribution in [2.45, 2.75) is 12.7 Å². The number of halogens is 2. The summed E-state index contributed by atoms with van der Waals surface area (Å²) in [6.45, 7) is 1.62. The topological polar surface area (TPSA) is 21.8 Å². The first-order chi connectivity index (χ1) is 6.75. The molecule has 1 fully saturated rings. The lowest BCUT2D eigenvalue weighted by Crippen LogP contribution is -2.02. The molecule has 0 aliphatic carbocycles. The Hall–Kier alpha value is -0.450. The van der Waals surface area contributed by atoms with Crippen molar-refractivity contribution in [3.05, 3.63) is 34.1 Å². The van der Waals surface area contributed by atoms with Gasteiger partial charge in [-0.15, -0.1) is 0 Å². The van der Waals surface area contributed by atoms with Crippen LogP contribution in [-0.4, -0.2) is 19.3 Å². The smallest absolute Gasteiger partial charge is 0.129 e. The van der Waals surface area contributed by atoms with Crippen LogP contribution >= 0.6 is 15.9 Å². The molecule has 2 rings (SSSR count). The van der Waals surface area contributed by atoms with Gasteiger partial charge in [0.2, 0.25) is 0 Å². The number of epoxide rings is 1. The average Bonchev–Trinajstić information content (AvgIpc) is 2.92. The van der Waals surface area contributed by atoms with E-state index < -0.39 is 0 Å². The molecular formula is C10H10BrFO2. The molecule has 1 saturated heterocycles. The first-order valence-corrected chi connectivity index (χ1v) is 5.18. The number of rotatable bonds is 4. The van der Waals surface area contributed by atoms with Gasteiger partial charge in [-0.2, -0.15) is 0 Å². The van der Waals surface area contributed by atoms with Gasteiger partial charge in [0.1, 0.15) is 11.9 Å². The summed E-state index contributed by atoms with van der Waals surface area (Å²) in [5, 5.41) is 0. The lowest BCUT2D eigenvalue weighted by atomic mass is 10.2. The molecule has 0 N–H and O–H groups in total. The Morgan fingerprint density at radius 2 is 2.36 bits per heavy atom. The highest BCUT2D eigenvalue weighted by Crippen LogP contribution is 2.16. The van der Waals surface area contributed by atoms with Crippen molar-refractivity contribution in [2.75, 3.05) is 13.2 Å². The molecule has 0 bridgehead atoms. The Morgan fingerprint density at radius 3 is 3.00 bits per heavy atom. The largest absolute Gasteiger partial charge is 0.374 e. The van der Waals surface area contributed by atoms with Crippen LogP contribution < -0.4 is 0 Å². The van der Waals surface area contributed by atoms with E-state index in [4.69, 9.17) is 9.47 Å². The van der Waals surface area contributed by atoms with E-state index in [1.165, 1.54) is 6.07 Å². The van der Waals surface area contributed by atoms with Crippen LogP contribution in [0.1, 0.15) is 5.56 Å². The molecular weight excluding hydrogens is 251 g/mol. The second kappa shape index (κ2) is 4.38. The van der Waals surface area contributed by atoms with Gasteiger partial charge in [0.15, 0.2) is 0 Å². The van der Waals surface area contributed by atoms with Crippen LogP contribution in [0.5, 0.6) is 0 Å². The molecule has 1 aliphatic heterocycles. The summed E-state index contributed by atoms with van der Waals surface area (Å²) in [4.78, 5) is 0. The van der Waals surface area contributed by atoms with Crippen molar-refractivity contribution in [3.63, 3.8) is 0 Å². The third-order valence-electron chi connectivity index (χ3n) is 1.98. The van der Waals surface area contributed by atoms with E-state index in [2.05, 4.69) is 15.9 Å². The molecule has 2 nitrogen and oxygen atoms in total. The van der Waals surface area contributed by atoms with Gasteiger partial charge in [-0.1, -0.05) is 22.0 Å². The molecule has 1 unspecified atom stereocenters. The van der Waals surface area contributed by atoms with Crippen LogP contribution in [0.3, 0.4) is 0 Å². The van der Waals surface area contributed by atoms with Gasteiger partial charge < -0.3 is 9.47 Å². The fourth-order valence-electron chi connectivity index (χ4n) is 1.10. The van der Waals surface area contributed by atoms with Crippen LogP contribution in [0.15, 0.2) is 22.7 Å². The van der Waals surface area contributed by atoms with E-state index in [1.54, 1.807) is 12.1 Å². The Kier molecular flexibility index (Phi) is 3.15. The fourth-order valence-corrected chi connectivity index (χ4v) is 1.44. The minimum atomic E-state index is -0.240. The zero-order valence-electron chi connectivity index (χ0n) is 7.50. The first kappa shape index (κ1) is 10.1. The summed E-state index contributed by atoms with van der Waals surface area (Å²) in [5.41, 5.74) is 0.578. The van der Waals surface area contributed by atoms with Crippen molar-refractivity contribution in [2.24, 2.45) is 0 Å². The Balaban J connectivity index is 1.87. The summed E-state index contributed by atoms with van der Waals surface area (Å²) in [7, 11) is 0. The van der Waals surface area contributed by atoms with Crippen molar-refractivity contribution in [1.82, 2.24) is 0 Å². The fraction of sp³-hybridized carbons (Fsp3) is 0.400. The van der Waals surface area contributed by atoms with Crippen molar-refractivity contribution in [1.29, 1.82) is 0 Å². The van der Waals surface area contributed by atoms with Crippen molar-refractivity contribution >= 4 is 15.9 Å². The summed E-state index contributed by atoms with van der Waals surface area (Å²) in [6, 6.07) is 4.95. The monoisotopic (exact) mass is 260 g/mol. The van der Waals surface area contributed by atoms with Gasteiger partial charge in [-0.3, -0.25) is 0 Å². The number of hydrogen-bond acceptors (Lipinski definition) is 2. The molecule has 76 valence electrons. The van der Waals surface area contributed by atoms with Crippen molar-refractivity contribution < 1.29 is 13.9 Å². The van der Waals surface area contributed by atoms with Gasteiger partial charge in [0.05, 0.1) is 19.8 Å². The Morgan fingerprint density at radius 1 is 1.57 bits per heavy atom. The number of ether oxygens (including phenoxy) is 2. The maximum absolute atomic E-state index is 13.2. The molecule has 1 aromatic rings. The van der Waals surface area contributed by atoms with Crippen molar-refractivity contribution in [3.8, 4) is 0 Å². The van der Waals surface area contributed by atoms with E-state index >= 15 is 0 Å². The second-order valence-electron chi connectivity index (χ2n) is 3.21. The number of hydrogen-bond donors (Lipinski definition) is 0. The molecule has 4 heteroatoms. The Bertz CT molecular complexity index is 326. The predicted octanol–water partition coefficient (Wildman–Crippen LogP) is 2.50. The van der Waals surface area contributed by atoms with Gasteiger partial charge in [0, 0.05) is 10.0 Å². The SMILES string of the molecule is Fc1cc(Br)ccc1COCC1CO1. The molecule has 1 heterocycles. The number of benzene rings is 1. The molecule has 1 aliphatic rings. The van der Waals surface area contributed by atoms with Gasteiger partial charge >= 0.3 is 0 Å². The van der Waals surface area contributed by atoms with E-state index in [1.807, 2.05) is 0 Å². The molecule has 14 heavy (non-hydrogen) atoms. The van der Waals surface area contributed by atoms with Crippen LogP contribution in [0.4, 0.5) is 4.39 Å². The third-order valence-corrected chi connectivity index (χ3v) is 2.47. The van der Waals surface area contributed by atoms with E-state index in [0.717, 1.165) is 11.1 Å². The third kappa shape index (κ3) is 2.77. The molecule has 0 saturated carbocycles. The maximum atomic E-state index is 13.2. The maximum Gasteiger partial charge on any atom is 0.129 e. The molecule has 1 atom stereocenters. The quantitative estimate of drug-likeness (QED) is 0.777. The Labute approximate surface area is 90.1 Å². The van der Waals surface area contributed by atoms with Crippen LogP contribution in [0, 0.1) is 5.82 Å². The van der Waals surface area contributed by atoms with Gasteiger partial charge in [0.25, 0.3) is 0 Å². The highest BCUT2D eigenvalue weighted by molar-refractivity contribution is 9.10. The molecule has 1 aromatic carbocycles. The van der Waals surface area contributed by atoms with E-state index in [-0.39, 0.29) is 11.9 Å². The average molecular weight is 261 g/mol. The summed E-state index contributed by atoms with van der Waals surface area (Å²) in [6.07, 6.45) is 0.230. The molecule has 0 spiro atoms. The summed E-state index contributed by atoms with van der Waals surface area (Å²) < 4.78 is 24.2. The second-order valence-corrected chi connectivity index (χ2v) is 4.12.